The maximum absolute atomic E-state index is 13.0. The van der Waals surface area contributed by atoms with Gasteiger partial charge in [0.1, 0.15) is 5.78 Å². The highest BCUT2D eigenvalue weighted by molar-refractivity contribution is 5.91. The molecule has 120 valence electrons. The maximum atomic E-state index is 13.0. The van der Waals surface area contributed by atoms with Gasteiger partial charge in [-0.3, -0.25) is 9.69 Å². The molecule has 0 aromatic rings. The summed E-state index contributed by atoms with van der Waals surface area (Å²) in [7, 11) is 0. The third kappa shape index (κ3) is 2.20. The molecule has 3 rings (SSSR count). The number of rotatable bonds is 4. The van der Waals surface area contributed by atoms with Crippen LogP contribution in [0.4, 0.5) is 0 Å². The Morgan fingerprint density at radius 3 is 2.29 bits per heavy atom. The second-order valence-electron chi connectivity index (χ2n) is 8.55. The summed E-state index contributed by atoms with van der Waals surface area (Å²) in [6.45, 7) is 11.4. The summed E-state index contributed by atoms with van der Waals surface area (Å²) in [6.07, 6.45) is 9.25. The Morgan fingerprint density at radius 1 is 1.10 bits per heavy atom. The summed E-state index contributed by atoms with van der Waals surface area (Å²) in [6, 6.07) is 0.742. The molecular formula is C19H33NO. The van der Waals surface area contributed by atoms with Crippen molar-refractivity contribution in [3.05, 3.63) is 0 Å². The van der Waals surface area contributed by atoms with Gasteiger partial charge in [-0.2, -0.15) is 0 Å². The van der Waals surface area contributed by atoms with Crippen molar-refractivity contribution >= 4 is 5.78 Å². The Hall–Kier alpha value is -0.370. The van der Waals surface area contributed by atoms with Gasteiger partial charge in [-0.15, -0.1) is 0 Å². The summed E-state index contributed by atoms with van der Waals surface area (Å²) < 4.78 is 0. The Bertz CT molecular complexity index is 410. The summed E-state index contributed by atoms with van der Waals surface area (Å²) >= 11 is 0. The molecule has 3 saturated carbocycles. The van der Waals surface area contributed by atoms with E-state index < -0.39 is 0 Å². The van der Waals surface area contributed by atoms with Crippen molar-refractivity contribution in [1.29, 1.82) is 0 Å². The van der Waals surface area contributed by atoms with Crippen LogP contribution in [0, 0.1) is 22.7 Å². The second kappa shape index (κ2) is 5.37. The first-order chi connectivity index (χ1) is 9.91. The normalized spacial score (nSPS) is 39.4. The molecule has 2 nitrogen and oxygen atoms in total. The molecule has 2 heteroatoms. The second-order valence-corrected chi connectivity index (χ2v) is 8.55. The number of hydrogen-bond acceptors (Lipinski definition) is 2. The van der Waals surface area contributed by atoms with Crippen LogP contribution < -0.4 is 0 Å². The van der Waals surface area contributed by atoms with Gasteiger partial charge in [0.15, 0.2) is 0 Å². The lowest BCUT2D eigenvalue weighted by atomic mass is 9.70. The van der Waals surface area contributed by atoms with Crippen molar-refractivity contribution in [2.75, 3.05) is 13.1 Å². The van der Waals surface area contributed by atoms with Crippen molar-refractivity contribution in [2.24, 2.45) is 22.7 Å². The molecular weight excluding hydrogens is 258 g/mol. The van der Waals surface area contributed by atoms with Gasteiger partial charge in [0.2, 0.25) is 0 Å². The molecule has 3 aliphatic rings. The smallest absolute Gasteiger partial charge is 0.143 e. The van der Waals surface area contributed by atoms with Crippen molar-refractivity contribution in [2.45, 2.75) is 78.7 Å². The Kier molecular flexibility index (Phi) is 3.97. The SMILES string of the molecule is CCN(CC1C(=O)C2(C)CCC1C2(C)C)C1CCCCC1. The van der Waals surface area contributed by atoms with Crippen molar-refractivity contribution in [1.82, 2.24) is 4.90 Å². The number of Topliss-reactive ketones (excluding diaryl/α,β-unsaturated/α-hetero) is 1. The number of ketones is 1. The number of fused-ring (bicyclic) bond motifs is 2. The average Bonchev–Trinajstić information content (AvgIpc) is 2.79. The molecule has 21 heavy (non-hydrogen) atoms. The minimum Gasteiger partial charge on any atom is -0.300 e. The molecule has 3 fully saturated rings. The zero-order valence-electron chi connectivity index (χ0n) is 14.5. The van der Waals surface area contributed by atoms with E-state index in [-0.39, 0.29) is 10.8 Å². The zero-order valence-corrected chi connectivity index (χ0v) is 14.5. The van der Waals surface area contributed by atoms with Crippen molar-refractivity contribution in [3.8, 4) is 0 Å². The average molecular weight is 291 g/mol. The fraction of sp³-hybridized carbons (Fsp3) is 0.947. The number of nitrogens with zero attached hydrogens (tertiary/aromatic N) is 1. The molecule has 0 aromatic heterocycles. The lowest BCUT2D eigenvalue weighted by Gasteiger charge is -2.37. The highest BCUT2D eigenvalue weighted by atomic mass is 16.1. The van der Waals surface area contributed by atoms with Gasteiger partial charge >= 0.3 is 0 Å². The molecule has 0 spiro atoms. The van der Waals surface area contributed by atoms with Crippen LogP contribution in [-0.2, 0) is 4.79 Å². The molecule has 3 atom stereocenters. The molecule has 3 aliphatic carbocycles. The van der Waals surface area contributed by atoms with Crippen LogP contribution in [0.1, 0.15) is 72.6 Å². The minimum atomic E-state index is -0.0473. The van der Waals surface area contributed by atoms with Gasteiger partial charge in [-0.1, -0.05) is 47.0 Å². The van der Waals surface area contributed by atoms with E-state index in [0.717, 1.165) is 25.6 Å². The molecule has 0 heterocycles. The number of carbonyl (C=O) groups excluding carboxylic acids is 1. The van der Waals surface area contributed by atoms with E-state index in [9.17, 15) is 4.79 Å². The van der Waals surface area contributed by atoms with E-state index in [1.54, 1.807) is 0 Å². The topological polar surface area (TPSA) is 20.3 Å². The maximum Gasteiger partial charge on any atom is 0.143 e. The fourth-order valence-corrected chi connectivity index (χ4v) is 5.72. The quantitative estimate of drug-likeness (QED) is 0.770. The lowest BCUT2D eigenvalue weighted by molar-refractivity contribution is -0.132. The summed E-state index contributed by atoms with van der Waals surface area (Å²) in [5.74, 6) is 1.51. The molecule has 0 saturated heterocycles. The molecule has 0 amide bonds. The van der Waals surface area contributed by atoms with Gasteiger partial charge in [0, 0.05) is 23.9 Å². The first-order valence-corrected chi connectivity index (χ1v) is 9.20. The van der Waals surface area contributed by atoms with Crippen LogP contribution in [-0.4, -0.2) is 29.8 Å². The highest BCUT2D eigenvalue weighted by Gasteiger charge is 2.66. The summed E-state index contributed by atoms with van der Waals surface area (Å²) in [5.41, 5.74) is 0.162. The number of hydrogen-bond donors (Lipinski definition) is 0. The predicted octanol–water partition coefficient (Wildman–Crippen LogP) is 4.28. The first-order valence-electron chi connectivity index (χ1n) is 9.20. The highest BCUT2D eigenvalue weighted by Crippen LogP contribution is 2.65. The van der Waals surface area contributed by atoms with E-state index in [2.05, 4.69) is 32.6 Å². The molecule has 0 aromatic carbocycles. The van der Waals surface area contributed by atoms with Gasteiger partial charge in [-0.05, 0) is 43.6 Å². The number of carbonyl (C=O) groups is 1. The van der Waals surface area contributed by atoms with Crippen LogP contribution in [0.15, 0.2) is 0 Å². The van der Waals surface area contributed by atoms with Gasteiger partial charge < -0.3 is 0 Å². The Morgan fingerprint density at radius 2 is 1.76 bits per heavy atom. The van der Waals surface area contributed by atoms with E-state index in [4.69, 9.17) is 0 Å². The molecule has 0 N–H and O–H groups in total. The van der Waals surface area contributed by atoms with Crippen LogP contribution in [0.5, 0.6) is 0 Å². The van der Waals surface area contributed by atoms with E-state index in [0.29, 0.717) is 17.6 Å². The van der Waals surface area contributed by atoms with Crippen LogP contribution >= 0.6 is 0 Å². The first kappa shape index (κ1) is 15.5. The third-order valence-corrected chi connectivity index (χ3v) is 7.60. The monoisotopic (exact) mass is 291 g/mol. The summed E-state index contributed by atoms with van der Waals surface area (Å²) in [4.78, 5) is 15.7. The fourth-order valence-electron chi connectivity index (χ4n) is 5.72. The van der Waals surface area contributed by atoms with E-state index in [1.165, 1.54) is 38.5 Å². The Labute approximate surface area is 130 Å². The van der Waals surface area contributed by atoms with E-state index in [1.807, 2.05) is 0 Å². The van der Waals surface area contributed by atoms with Crippen LogP contribution in [0.25, 0.3) is 0 Å². The molecule has 3 unspecified atom stereocenters. The van der Waals surface area contributed by atoms with Gasteiger partial charge in [-0.25, -0.2) is 0 Å². The van der Waals surface area contributed by atoms with Gasteiger partial charge in [0.25, 0.3) is 0 Å². The summed E-state index contributed by atoms with van der Waals surface area (Å²) in [5, 5.41) is 0. The lowest BCUT2D eigenvalue weighted by Crippen LogP contribution is -2.43. The van der Waals surface area contributed by atoms with Crippen molar-refractivity contribution < 1.29 is 4.79 Å². The zero-order chi connectivity index (χ0) is 15.3. The molecule has 0 radical (unpaired) electrons. The largest absolute Gasteiger partial charge is 0.300 e. The van der Waals surface area contributed by atoms with E-state index >= 15 is 0 Å². The predicted molar refractivity (Wildman–Crippen MR) is 87.2 cm³/mol. The van der Waals surface area contributed by atoms with Crippen molar-refractivity contribution in [3.63, 3.8) is 0 Å². The van der Waals surface area contributed by atoms with Crippen LogP contribution in [0.2, 0.25) is 0 Å². The van der Waals surface area contributed by atoms with Crippen LogP contribution in [0.3, 0.4) is 0 Å². The molecule has 2 bridgehead atoms. The van der Waals surface area contributed by atoms with Gasteiger partial charge in [0.05, 0.1) is 0 Å². The Balaban J connectivity index is 1.74. The minimum absolute atomic E-state index is 0.0473. The standard InChI is InChI=1S/C19H33NO/c1-5-20(14-9-7-6-8-10-14)13-15-16-11-12-19(4,17(15)21)18(16,2)3/h14-16H,5-13H2,1-4H3. The molecule has 0 aliphatic heterocycles. The third-order valence-electron chi connectivity index (χ3n) is 7.60.